The Bertz CT molecular complexity index is 198. The van der Waals surface area contributed by atoms with Crippen LogP contribution in [0, 0.1) is 13.0 Å². The molecule has 0 atom stereocenters. The number of hydrogen-bond acceptors (Lipinski definition) is 2. The van der Waals surface area contributed by atoms with Crippen molar-refractivity contribution in [2.75, 3.05) is 0 Å². The molecule has 1 rings (SSSR count). The van der Waals surface area contributed by atoms with Crippen molar-refractivity contribution in [3.05, 3.63) is 23.8 Å². The minimum Gasteiger partial charge on any atom is -0.504 e. The van der Waals surface area contributed by atoms with Crippen molar-refractivity contribution >= 4 is 0 Å². The summed E-state index contributed by atoms with van der Waals surface area (Å²) >= 11 is 0. The predicted molar refractivity (Wildman–Crippen MR) is 33.3 cm³/mol. The van der Waals surface area contributed by atoms with E-state index >= 15 is 0 Å². The largest absolute Gasteiger partial charge is 0.504 e. The van der Waals surface area contributed by atoms with E-state index < -0.39 is 0 Å². The van der Waals surface area contributed by atoms with Crippen molar-refractivity contribution in [2.24, 2.45) is 0 Å². The summed E-state index contributed by atoms with van der Waals surface area (Å²) in [5, 5.41) is 17.7. The maximum atomic E-state index is 8.93. The number of phenols is 2. The first-order chi connectivity index (χ1) is 4.22. The van der Waals surface area contributed by atoms with E-state index in [9.17, 15) is 0 Å². The second-order valence-corrected chi connectivity index (χ2v) is 1.86. The van der Waals surface area contributed by atoms with Gasteiger partial charge in [0, 0.05) is 6.07 Å². The van der Waals surface area contributed by atoms with E-state index in [0.717, 1.165) is 0 Å². The van der Waals surface area contributed by atoms with Gasteiger partial charge in [-0.3, -0.25) is 0 Å². The fourth-order valence-corrected chi connectivity index (χ4v) is 0.580. The smallest absolute Gasteiger partial charge is 0.165 e. The van der Waals surface area contributed by atoms with Gasteiger partial charge in [0.2, 0.25) is 0 Å². The highest BCUT2D eigenvalue weighted by Gasteiger charge is 1.98. The van der Waals surface area contributed by atoms with Gasteiger partial charge in [-0.25, -0.2) is 0 Å². The summed E-state index contributed by atoms with van der Waals surface area (Å²) in [5.74, 6) is -0.271. The van der Waals surface area contributed by atoms with Crippen LogP contribution in [-0.4, -0.2) is 10.2 Å². The van der Waals surface area contributed by atoms with Gasteiger partial charge < -0.3 is 10.2 Å². The zero-order valence-electron chi connectivity index (χ0n) is 5.05. The summed E-state index contributed by atoms with van der Waals surface area (Å²) in [7, 11) is 0. The Morgan fingerprint density at radius 2 is 2.11 bits per heavy atom. The van der Waals surface area contributed by atoms with Gasteiger partial charge in [-0.2, -0.15) is 0 Å². The van der Waals surface area contributed by atoms with Gasteiger partial charge in [-0.1, -0.05) is 6.07 Å². The second-order valence-electron chi connectivity index (χ2n) is 1.86. The minimum atomic E-state index is -0.185. The lowest BCUT2D eigenvalue weighted by molar-refractivity contribution is 0.400. The number of benzene rings is 1. The molecule has 1 aromatic rings. The molecule has 0 aliphatic rings. The molecule has 2 nitrogen and oxygen atoms in total. The van der Waals surface area contributed by atoms with Crippen molar-refractivity contribution in [1.29, 1.82) is 0 Å². The van der Waals surface area contributed by atoms with Crippen molar-refractivity contribution in [3.8, 4) is 11.5 Å². The first-order valence-electron chi connectivity index (χ1n) is 2.61. The van der Waals surface area contributed by atoms with Crippen LogP contribution >= 0.6 is 0 Å². The lowest BCUT2D eigenvalue weighted by atomic mass is 10.2. The van der Waals surface area contributed by atoms with E-state index in [1.54, 1.807) is 19.1 Å². The van der Waals surface area contributed by atoms with Crippen molar-refractivity contribution in [3.63, 3.8) is 0 Å². The maximum absolute atomic E-state index is 8.93. The number of phenolic OH excluding ortho intramolecular Hbond substituents is 2. The number of aryl methyl sites for hydroxylation is 1. The molecule has 0 amide bonds. The summed E-state index contributed by atoms with van der Waals surface area (Å²) in [6, 6.07) is 5.68. The Morgan fingerprint density at radius 1 is 1.44 bits per heavy atom. The molecule has 1 aromatic carbocycles. The van der Waals surface area contributed by atoms with Crippen molar-refractivity contribution < 1.29 is 10.2 Å². The summed E-state index contributed by atoms with van der Waals surface area (Å²) in [5.41, 5.74) is 0.659. The van der Waals surface area contributed by atoms with Gasteiger partial charge in [0.05, 0.1) is 0 Å². The van der Waals surface area contributed by atoms with Crippen LogP contribution in [0.1, 0.15) is 5.56 Å². The van der Waals surface area contributed by atoms with Crippen LogP contribution in [0.5, 0.6) is 11.5 Å². The first-order valence-corrected chi connectivity index (χ1v) is 2.61. The van der Waals surface area contributed by atoms with E-state index in [-0.39, 0.29) is 11.5 Å². The number of aromatic hydroxyl groups is 2. The minimum absolute atomic E-state index is 0.0856. The van der Waals surface area contributed by atoms with Gasteiger partial charge in [0.1, 0.15) is 0 Å². The molecule has 0 aliphatic heterocycles. The van der Waals surface area contributed by atoms with Gasteiger partial charge in [-0.05, 0) is 18.6 Å². The van der Waals surface area contributed by atoms with E-state index in [0.29, 0.717) is 5.56 Å². The molecule has 1 radical (unpaired) electrons. The van der Waals surface area contributed by atoms with Crippen molar-refractivity contribution in [2.45, 2.75) is 6.92 Å². The predicted octanol–water partition coefficient (Wildman–Crippen LogP) is 1.21. The average molecular weight is 123 g/mol. The SMILES string of the molecule is Cc1cc[c]c(O)c1O. The number of hydrogen-bond donors (Lipinski definition) is 2. The molecule has 0 bridgehead atoms. The van der Waals surface area contributed by atoms with Crippen LogP contribution in [0.15, 0.2) is 12.1 Å². The Labute approximate surface area is 53.4 Å². The van der Waals surface area contributed by atoms with Crippen LogP contribution in [-0.2, 0) is 0 Å². The average Bonchev–Trinajstić information content (AvgIpc) is 1.83. The Kier molecular flexibility index (Phi) is 1.30. The third-order valence-corrected chi connectivity index (χ3v) is 1.15. The Balaban J connectivity index is 3.25. The van der Waals surface area contributed by atoms with E-state index in [2.05, 4.69) is 6.07 Å². The van der Waals surface area contributed by atoms with Gasteiger partial charge in [-0.15, -0.1) is 0 Å². The molecule has 0 fully saturated rings. The quantitative estimate of drug-likeness (QED) is 0.509. The van der Waals surface area contributed by atoms with E-state index in [4.69, 9.17) is 10.2 Å². The lowest BCUT2D eigenvalue weighted by Gasteiger charge is -1.97. The van der Waals surface area contributed by atoms with Gasteiger partial charge in [0.15, 0.2) is 11.5 Å². The first kappa shape index (κ1) is 5.95. The normalized spacial score (nSPS) is 9.44. The zero-order valence-corrected chi connectivity index (χ0v) is 5.05. The molecule has 9 heavy (non-hydrogen) atoms. The molecular formula is C7H7O2. The Morgan fingerprint density at radius 3 is 2.56 bits per heavy atom. The fourth-order valence-electron chi connectivity index (χ4n) is 0.580. The summed E-state index contributed by atoms with van der Waals surface area (Å²) in [6.07, 6.45) is 0. The third kappa shape index (κ3) is 0.964. The van der Waals surface area contributed by atoms with Crippen LogP contribution in [0.3, 0.4) is 0 Å². The molecule has 0 spiro atoms. The summed E-state index contributed by atoms with van der Waals surface area (Å²) in [6.45, 7) is 1.71. The van der Waals surface area contributed by atoms with E-state index in [1.807, 2.05) is 0 Å². The zero-order chi connectivity index (χ0) is 6.85. The van der Waals surface area contributed by atoms with Gasteiger partial charge >= 0.3 is 0 Å². The molecule has 0 saturated carbocycles. The lowest BCUT2D eigenvalue weighted by Crippen LogP contribution is -1.73. The monoisotopic (exact) mass is 123 g/mol. The van der Waals surface area contributed by atoms with Crippen LogP contribution < -0.4 is 0 Å². The second kappa shape index (κ2) is 1.97. The highest BCUT2D eigenvalue weighted by molar-refractivity contribution is 5.42. The van der Waals surface area contributed by atoms with Crippen LogP contribution in [0.25, 0.3) is 0 Å². The third-order valence-electron chi connectivity index (χ3n) is 1.15. The highest BCUT2D eigenvalue weighted by atomic mass is 16.3. The standard InChI is InChI=1S/C7H7O2/c1-5-3-2-4-6(8)7(5)9/h2-3,8-9H,1H3. The molecule has 0 aromatic heterocycles. The fraction of sp³-hybridized carbons (Fsp3) is 0.143. The van der Waals surface area contributed by atoms with Gasteiger partial charge in [0.25, 0.3) is 0 Å². The van der Waals surface area contributed by atoms with Crippen LogP contribution in [0.2, 0.25) is 0 Å². The van der Waals surface area contributed by atoms with Crippen molar-refractivity contribution in [1.82, 2.24) is 0 Å². The molecular weight excluding hydrogens is 116 g/mol. The number of rotatable bonds is 0. The molecule has 0 heterocycles. The van der Waals surface area contributed by atoms with E-state index in [1.165, 1.54) is 0 Å². The molecule has 0 unspecified atom stereocenters. The molecule has 2 heteroatoms. The molecule has 0 saturated heterocycles. The highest BCUT2D eigenvalue weighted by Crippen LogP contribution is 2.26. The Hall–Kier alpha value is -1.18. The molecule has 0 aliphatic carbocycles. The summed E-state index contributed by atoms with van der Waals surface area (Å²) in [4.78, 5) is 0. The molecule has 47 valence electrons. The summed E-state index contributed by atoms with van der Waals surface area (Å²) < 4.78 is 0. The maximum Gasteiger partial charge on any atom is 0.165 e. The molecule has 2 N–H and O–H groups in total. The van der Waals surface area contributed by atoms with Crippen LogP contribution in [0.4, 0.5) is 0 Å². The topological polar surface area (TPSA) is 40.5 Å².